The third-order valence-electron chi connectivity index (χ3n) is 4.88. The van der Waals surface area contributed by atoms with Crippen LogP contribution in [0.4, 0.5) is 17.1 Å². The average Bonchev–Trinajstić information content (AvgIpc) is 2.69. The number of aromatic hydroxyl groups is 1. The summed E-state index contributed by atoms with van der Waals surface area (Å²) < 4.78 is 0. The number of nitro groups is 1. The van der Waals surface area contributed by atoms with E-state index in [2.05, 4.69) is 15.1 Å². The fourth-order valence-electron chi connectivity index (χ4n) is 3.15. The second-order valence-corrected chi connectivity index (χ2v) is 7.03. The number of nitrogens with zero attached hydrogens (tertiary/aromatic N) is 3. The van der Waals surface area contributed by atoms with Crippen LogP contribution in [-0.2, 0) is 4.79 Å². The van der Waals surface area contributed by atoms with Crippen LogP contribution in [0.1, 0.15) is 6.92 Å². The lowest BCUT2D eigenvalue weighted by atomic mass is 10.2. The molecule has 1 heterocycles. The fourth-order valence-corrected chi connectivity index (χ4v) is 3.37. The molecule has 2 N–H and O–H groups in total. The van der Waals surface area contributed by atoms with E-state index >= 15 is 0 Å². The third kappa shape index (κ3) is 4.52. The van der Waals surface area contributed by atoms with Crippen LogP contribution in [0.15, 0.2) is 42.5 Å². The summed E-state index contributed by atoms with van der Waals surface area (Å²) in [6, 6.07) is 10.7. The van der Waals surface area contributed by atoms with Gasteiger partial charge in [0.05, 0.1) is 21.7 Å². The number of anilines is 2. The molecule has 0 unspecified atom stereocenters. The molecule has 2 aromatic carbocycles. The molecule has 0 spiro atoms. The number of benzene rings is 2. The van der Waals surface area contributed by atoms with Crippen molar-refractivity contribution in [1.82, 2.24) is 4.90 Å². The van der Waals surface area contributed by atoms with Crippen molar-refractivity contribution in [1.29, 1.82) is 0 Å². The molecule has 0 saturated carbocycles. The molecule has 8 nitrogen and oxygen atoms in total. The van der Waals surface area contributed by atoms with Crippen LogP contribution in [-0.4, -0.2) is 53.1 Å². The standard InChI is InChI=1S/C19H21ClN4O4/c1-13(19(26)21-18-7-4-15(24(27)28)12-17(18)20)22-8-10-23(11-9-22)14-2-5-16(25)6-3-14/h2-7,12-13,25H,8-11H2,1H3,(H,21,26)/t13-/m1/s1. The first-order valence-corrected chi connectivity index (χ1v) is 9.26. The minimum Gasteiger partial charge on any atom is -0.508 e. The third-order valence-corrected chi connectivity index (χ3v) is 5.19. The SMILES string of the molecule is C[C@H](C(=O)Nc1ccc([N+](=O)[O-])cc1Cl)N1CCN(c2ccc(O)cc2)CC1. The van der Waals surface area contributed by atoms with Crippen molar-refractivity contribution >= 4 is 34.6 Å². The Hall–Kier alpha value is -2.84. The van der Waals surface area contributed by atoms with Gasteiger partial charge < -0.3 is 15.3 Å². The minimum atomic E-state index is -0.534. The molecule has 0 bridgehead atoms. The number of hydrogen-bond acceptors (Lipinski definition) is 6. The van der Waals surface area contributed by atoms with Crippen LogP contribution < -0.4 is 10.2 Å². The summed E-state index contributed by atoms with van der Waals surface area (Å²) in [5, 5.41) is 23.1. The van der Waals surface area contributed by atoms with E-state index in [0.717, 1.165) is 18.8 Å². The lowest BCUT2D eigenvalue weighted by Crippen LogP contribution is -2.52. The van der Waals surface area contributed by atoms with Crippen molar-refractivity contribution in [3.05, 3.63) is 57.6 Å². The number of piperazine rings is 1. The van der Waals surface area contributed by atoms with Crippen molar-refractivity contribution in [3.8, 4) is 5.75 Å². The highest BCUT2D eigenvalue weighted by molar-refractivity contribution is 6.34. The summed E-state index contributed by atoms with van der Waals surface area (Å²) in [7, 11) is 0. The summed E-state index contributed by atoms with van der Waals surface area (Å²) in [6.07, 6.45) is 0. The Labute approximate surface area is 167 Å². The first-order valence-electron chi connectivity index (χ1n) is 8.88. The zero-order valence-corrected chi connectivity index (χ0v) is 16.1. The minimum absolute atomic E-state index is 0.124. The normalized spacial score (nSPS) is 15.9. The number of rotatable bonds is 5. The topological polar surface area (TPSA) is 98.9 Å². The van der Waals surface area contributed by atoms with Crippen LogP contribution in [0, 0.1) is 10.1 Å². The van der Waals surface area contributed by atoms with E-state index in [4.69, 9.17) is 11.6 Å². The monoisotopic (exact) mass is 404 g/mol. The highest BCUT2D eigenvalue weighted by atomic mass is 35.5. The van der Waals surface area contributed by atoms with Gasteiger partial charge >= 0.3 is 0 Å². The number of carbonyl (C=O) groups is 1. The number of amides is 1. The zero-order chi connectivity index (χ0) is 20.3. The molecular formula is C19H21ClN4O4. The molecule has 1 atom stereocenters. The number of hydrogen-bond donors (Lipinski definition) is 2. The number of phenolic OH excluding ortho intramolecular Hbond substituents is 1. The second kappa shape index (κ2) is 8.45. The van der Waals surface area contributed by atoms with Gasteiger partial charge in [0.15, 0.2) is 0 Å². The van der Waals surface area contributed by atoms with Crippen molar-refractivity contribution in [2.45, 2.75) is 13.0 Å². The molecule has 0 aromatic heterocycles. The molecule has 1 aliphatic heterocycles. The maximum atomic E-state index is 12.6. The quantitative estimate of drug-likeness (QED) is 0.586. The fraction of sp³-hybridized carbons (Fsp3) is 0.316. The van der Waals surface area contributed by atoms with Gasteiger partial charge in [-0.05, 0) is 37.3 Å². The molecule has 1 fully saturated rings. The molecule has 0 aliphatic carbocycles. The van der Waals surface area contributed by atoms with Gasteiger partial charge in [-0.2, -0.15) is 0 Å². The molecule has 9 heteroatoms. The number of nitro benzene ring substituents is 1. The van der Waals surface area contributed by atoms with Crippen molar-refractivity contribution in [3.63, 3.8) is 0 Å². The van der Waals surface area contributed by atoms with Crippen molar-refractivity contribution in [2.75, 3.05) is 36.4 Å². The summed E-state index contributed by atoms with van der Waals surface area (Å²) in [6.45, 7) is 4.78. The Morgan fingerprint density at radius 2 is 1.82 bits per heavy atom. The number of phenols is 1. The molecule has 28 heavy (non-hydrogen) atoms. The van der Waals surface area contributed by atoms with Crippen LogP contribution in [0.3, 0.4) is 0 Å². The second-order valence-electron chi connectivity index (χ2n) is 6.63. The molecule has 1 amide bonds. The van der Waals surface area contributed by atoms with Crippen molar-refractivity contribution in [2.24, 2.45) is 0 Å². The summed E-state index contributed by atoms with van der Waals surface area (Å²) in [4.78, 5) is 27.1. The van der Waals surface area contributed by atoms with Gasteiger partial charge in [0.2, 0.25) is 5.91 Å². The van der Waals surface area contributed by atoms with Gasteiger partial charge in [-0.25, -0.2) is 0 Å². The lowest BCUT2D eigenvalue weighted by molar-refractivity contribution is -0.384. The maximum absolute atomic E-state index is 12.6. The molecule has 0 radical (unpaired) electrons. The van der Waals surface area contributed by atoms with Crippen LogP contribution in [0.5, 0.6) is 5.75 Å². The van der Waals surface area contributed by atoms with E-state index in [-0.39, 0.29) is 28.4 Å². The zero-order valence-electron chi connectivity index (χ0n) is 15.3. The molecule has 2 aromatic rings. The van der Waals surface area contributed by atoms with Crippen LogP contribution in [0.2, 0.25) is 5.02 Å². The van der Waals surface area contributed by atoms with E-state index in [1.54, 1.807) is 12.1 Å². The number of non-ortho nitro benzene ring substituents is 1. The molecule has 1 aliphatic rings. The highest BCUT2D eigenvalue weighted by Gasteiger charge is 2.26. The van der Waals surface area contributed by atoms with Gasteiger partial charge in [-0.3, -0.25) is 19.8 Å². The largest absolute Gasteiger partial charge is 0.508 e. The first kappa shape index (κ1) is 19.9. The molecule has 3 rings (SSSR count). The Kier molecular flexibility index (Phi) is 6.01. The summed E-state index contributed by atoms with van der Waals surface area (Å²) in [5.74, 6) is 0.0198. The van der Waals surface area contributed by atoms with E-state index in [0.29, 0.717) is 18.8 Å². The average molecular weight is 405 g/mol. The number of carbonyl (C=O) groups excluding carboxylic acids is 1. The van der Waals surface area contributed by atoms with Gasteiger partial charge in [0.1, 0.15) is 5.75 Å². The van der Waals surface area contributed by atoms with Gasteiger partial charge in [-0.15, -0.1) is 0 Å². The van der Waals surface area contributed by atoms with Gasteiger partial charge in [0, 0.05) is 44.0 Å². The van der Waals surface area contributed by atoms with Crippen LogP contribution >= 0.6 is 11.6 Å². The molecule has 1 saturated heterocycles. The number of halogens is 1. The first-order chi connectivity index (χ1) is 13.3. The maximum Gasteiger partial charge on any atom is 0.271 e. The van der Waals surface area contributed by atoms with E-state index in [1.807, 2.05) is 19.1 Å². The Bertz CT molecular complexity index is 867. The molecular weight excluding hydrogens is 384 g/mol. The Morgan fingerprint density at radius 3 is 2.39 bits per heavy atom. The smallest absolute Gasteiger partial charge is 0.271 e. The van der Waals surface area contributed by atoms with E-state index in [1.165, 1.54) is 18.2 Å². The molecule has 148 valence electrons. The predicted octanol–water partition coefficient (Wildman–Crippen LogP) is 3.10. The van der Waals surface area contributed by atoms with E-state index < -0.39 is 4.92 Å². The lowest BCUT2D eigenvalue weighted by Gasteiger charge is -2.38. The van der Waals surface area contributed by atoms with Crippen molar-refractivity contribution < 1.29 is 14.8 Å². The van der Waals surface area contributed by atoms with Gasteiger partial charge in [-0.1, -0.05) is 11.6 Å². The summed E-state index contributed by atoms with van der Waals surface area (Å²) in [5.41, 5.74) is 1.26. The Balaban J connectivity index is 1.57. The highest BCUT2D eigenvalue weighted by Crippen LogP contribution is 2.27. The predicted molar refractivity (Wildman–Crippen MR) is 108 cm³/mol. The Morgan fingerprint density at radius 1 is 1.18 bits per heavy atom. The van der Waals surface area contributed by atoms with Crippen LogP contribution in [0.25, 0.3) is 0 Å². The van der Waals surface area contributed by atoms with E-state index in [9.17, 15) is 20.0 Å². The summed E-state index contributed by atoms with van der Waals surface area (Å²) >= 11 is 6.05. The van der Waals surface area contributed by atoms with Gasteiger partial charge in [0.25, 0.3) is 5.69 Å². The number of nitrogens with one attached hydrogen (secondary N) is 1.